The van der Waals surface area contributed by atoms with E-state index in [4.69, 9.17) is 14.6 Å². The molecule has 3 N–H and O–H groups in total. The minimum absolute atomic E-state index is 0.00293. The fraction of sp³-hybridized carbons (Fsp3) is 0.111. The van der Waals surface area contributed by atoms with Gasteiger partial charge < -0.3 is 25.2 Å². The summed E-state index contributed by atoms with van der Waals surface area (Å²) in [6, 6.07) is 19.6. The van der Waals surface area contributed by atoms with Crippen molar-refractivity contribution in [2.45, 2.75) is 6.92 Å². The van der Waals surface area contributed by atoms with Crippen molar-refractivity contribution in [1.29, 1.82) is 5.26 Å². The van der Waals surface area contributed by atoms with Gasteiger partial charge in [0, 0.05) is 11.4 Å². The molecule has 36 heavy (non-hydrogen) atoms. The van der Waals surface area contributed by atoms with E-state index in [1.807, 2.05) is 25.1 Å². The largest absolute Gasteiger partial charge is 0.493 e. The van der Waals surface area contributed by atoms with Gasteiger partial charge in [-0.05, 0) is 61.0 Å². The van der Waals surface area contributed by atoms with Crippen LogP contribution in [-0.2, 0) is 9.59 Å². The summed E-state index contributed by atoms with van der Waals surface area (Å²) >= 11 is 0. The number of rotatable bonds is 9. The van der Waals surface area contributed by atoms with E-state index >= 15 is 0 Å². The summed E-state index contributed by atoms with van der Waals surface area (Å²) in [6.07, 6.45) is 1.35. The highest BCUT2D eigenvalue weighted by atomic mass is 16.5. The number of carboxylic acids is 1. The quantitative estimate of drug-likeness (QED) is 0.304. The van der Waals surface area contributed by atoms with Gasteiger partial charge in [-0.3, -0.25) is 9.59 Å². The molecule has 0 spiro atoms. The normalized spacial score (nSPS) is 10.6. The van der Waals surface area contributed by atoms with Crippen molar-refractivity contribution in [3.63, 3.8) is 0 Å². The zero-order valence-electron chi connectivity index (χ0n) is 19.6. The highest BCUT2D eigenvalue weighted by molar-refractivity contribution is 6.10. The molecule has 182 valence electrons. The van der Waals surface area contributed by atoms with Crippen LogP contribution in [0.15, 0.2) is 72.3 Å². The maximum absolute atomic E-state index is 12.5. The van der Waals surface area contributed by atoms with E-state index in [1.165, 1.54) is 37.5 Å². The Hall–Kier alpha value is -5.10. The molecule has 0 unspecified atom stereocenters. The highest BCUT2D eigenvalue weighted by Crippen LogP contribution is 2.29. The molecule has 3 aromatic carbocycles. The molecule has 0 fully saturated rings. The molecule has 0 aromatic heterocycles. The molecule has 0 saturated carbocycles. The van der Waals surface area contributed by atoms with E-state index in [9.17, 15) is 19.6 Å². The van der Waals surface area contributed by atoms with Crippen LogP contribution in [0.25, 0.3) is 6.08 Å². The fourth-order valence-electron chi connectivity index (χ4n) is 3.11. The van der Waals surface area contributed by atoms with Gasteiger partial charge in [0.15, 0.2) is 18.1 Å². The van der Waals surface area contributed by atoms with Gasteiger partial charge in [-0.1, -0.05) is 29.8 Å². The molecular formula is C27H23N3O6. The number of nitrogens with zero attached hydrogens (tertiary/aromatic N) is 1. The number of aryl methyl sites for hydroxylation is 1. The third-order valence-electron chi connectivity index (χ3n) is 4.93. The Morgan fingerprint density at radius 2 is 1.72 bits per heavy atom. The van der Waals surface area contributed by atoms with Gasteiger partial charge in [-0.25, -0.2) is 4.79 Å². The summed E-state index contributed by atoms with van der Waals surface area (Å²) in [7, 11) is 1.43. The first-order valence-electron chi connectivity index (χ1n) is 10.7. The summed E-state index contributed by atoms with van der Waals surface area (Å²) < 4.78 is 10.9. The molecule has 0 heterocycles. The van der Waals surface area contributed by atoms with E-state index in [2.05, 4.69) is 10.6 Å². The number of methoxy groups -OCH3 is 1. The smallest absolute Gasteiger partial charge is 0.335 e. The van der Waals surface area contributed by atoms with Crippen LogP contribution in [0.3, 0.4) is 0 Å². The van der Waals surface area contributed by atoms with Gasteiger partial charge in [0.1, 0.15) is 11.6 Å². The topological polar surface area (TPSA) is 138 Å². The average molecular weight is 485 g/mol. The summed E-state index contributed by atoms with van der Waals surface area (Å²) in [4.78, 5) is 35.9. The third kappa shape index (κ3) is 6.95. The van der Waals surface area contributed by atoms with Crippen molar-refractivity contribution in [3.05, 3.63) is 89.0 Å². The highest BCUT2D eigenvalue weighted by Gasteiger charge is 2.13. The number of ether oxygens (including phenoxy) is 2. The van der Waals surface area contributed by atoms with E-state index in [0.29, 0.717) is 22.7 Å². The zero-order chi connectivity index (χ0) is 26.1. The first kappa shape index (κ1) is 25.5. The van der Waals surface area contributed by atoms with Crippen molar-refractivity contribution in [2.75, 3.05) is 24.4 Å². The van der Waals surface area contributed by atoms with Crippen LogP contribution in [0, 0.1) is 18.3 Å². The number of hydrogen-bond acceptors (Lipinski definition) is 6. The summed E-state index contributed by atoms with van der Waals surface area (Å²) in [6.45, 7) is 1.70. The SMILES string of the molecule is COc1cc(/C=C(/C#N)C(=O)Nc2cccc(C(=O)O)c2)ccc1OCC(=O)Nc1ccc(C)cc1. The molecule has 0 atom stereocenters. The van der Waals surface area contributed by atoms with E-state index in [-0.39, 0.29) is 29.3 Å². The second-order valence-corrected chi connectivity index (χ2v) is 7.62. The van der Waals surface area contributed by atoms with Crippen molar-refractivity contribution < 1.29 is 29.0 Å². The molecule has 0 aliphatic carbocycles. The van der Waals surface area contributed by atoms with Crippen LogP contribution in [0.4, 0.5) is 11.4 Å². The van der Waals surface area contributed by atoms with Gasteiger partial charge >= 0.3 is 5.97 Å². The number of carboxylic acid groups (broad SMARTS) is 1. The van der Waals surface area contributed by atoms with Crippen LogP contribution in [0.5, 0.6) is 11.5 Å². The Morgan fingerprint density at radius 3 is 2.39 bits per heavy atom. The van der Waals surface area contributed by atoms with Gasteiger partial charge in [0.25, 0.3) is 11.8 Å². The molecule has 3 rings (SSSR count). The number of carbonyl (C=O) groups excluding carboxylic acids is 2. The molecule has 2 amide bonds. The average Bonchev–Trinajstić information content (AvgIpc) is 2.87. The van der Waals surface area contributed by atoms with Crippen molar-refractivity contribution >= 4 is 35.2 Å². The summed E-state index contributed by atoms with van der Waals surface area (Å²) in [5.41, 5.74) is 2.25. The second-order valence-electron chi connectivity index (χ2n) is 7.62. The number of anilines is 2. The van der Waals surface area contributed by atoms with Crippen LogP contribution < -0.4 is 20.1 Å². The fourth-order valence-corrected chi connectivity index (χ4v) is 3.11. The van der Waals surface area contributed by atoms with Crippen LogP contribution in [0.2, 0.25) is 0 Å². The van der Waals surface area contributed by atoms with Crippen LogP contribution in [0.1, 0.15) is 21.5 Å². The number of benzene rings is 3. The van der Waals surface area contributed by atoms with Crippen molar-refractivity contribution in [2.24, 2.45) is 0 Å². The monoisotopic (exact) mass is 485 g/mol. The molecule has 9 nitrogen and oxygen atoms in total. The second kappa shape index (κ2) is 11.9. The number of carbonyl (C=O) groups is 3. The lowest BCUT2D eigenvalue weighted by molar-refractivity contribution is -0.118. The number of aromatic carboxylic acids is 1. The van der Waals surface area contributed by atoms with Gasteiger partial charge in [-0.2, -0.15) is 5.26 Å². The van der Waals surface area contributed by atoms with E-state index in [1.54, 1.807) is 30.3 Å². The summed E-state index contributed by atoms with van der Waals surface area (Å²) in [5, 5.41) is 23.8. The first-order valence-corrected chi connectivity index (χ1v) is 10.7. The van der Waals surface area contributed by atoms with Gasteiger partial charge in [0.05, 0.1) is 12.7 Å². The van der Waals surface area contributed by atoms with Crippen LogP contribution >= 0.6 is 0 Å². The van der Waals surface area contributed by atoms with Gasteiger partial charge in [-0.15, -0.1) is 0 Å². The number of amides is 2. The Balaban J connectivity index is 1.68. The Morgan fingerprint density at radius 1 is 0.972 bits per heavy atom. The molecule has 0 aliphatic heterocycles. The van der Waals surface area contributed by atoms with Gasteiger partial charge in [0.2, 0.25) is 0 Å². The molecule has 0 bridgehead atoms. The first-order chi connectivity index (χ1) is 17.3. The molecule has 0 aliphatic rings. The third-order valence-corrected chi connectivity index (χ3v) is 4.93. The molecule has 0 saturated heterocycles. The lowest BCUT2D eigenvalue weighted by Gasteiger charge is -2.12. The minimum Gasteiger partial charge on any atom is -0.493 e. The Labute approximate surface area is 207 Å². The standard InChI is InChI=1S/C27H23N3O6/c1-17-6-9-21(10-7-17)29-25(31)16-36-23-11-8-18(13-24(23)35-2)12-20(15-28)26(32)30-22-5-3-4-19(14-22)27(33)34/h3-14H,16H2,1-2H3,(H,29,31)(H,30,32)(H,33,34)/b20-12-. The predicted molar refractivity (Wildman–Crippen MR) is 134 cm³/mol. The number of hydrogen-bond donors (Lipinski definition) is 3. The molecular weight excluding hydrogens is 462 g/mol. The maximum Gasteiger partial charge on any atom is 0.335 e. The van der Waals surface area contributed by atoms with E-state index in [0.717, 1.165) is 5.56 Å². The predicted octanol–water partition coefficient (Wildman–Crippen LogP) is 4.27. The Bertz CT molecular complexity index is 1360. The number of nitrogens with one attached hydrogen (secondary N) is 2. The maximum atomic E-state index is 12.5. The molecule has 3 aromatic rings. The minimum atomic E-state index is -1.14. The lowest BCUT2D eigenvalue weighted by Crippen LogP contribution is -2.20. The van der Waals surface area contributed by atoms with Crippen LogP contribution in [-0.4, -0.2) is 36.6 Å². The molecule has 9 heteroatoms. The summed E-state index contributed by atoms with van der Waals surface area (Å²) in [5.74, 6) is -1.57. The number of nitriles is 1. The molecule has 0 radical (unpaired) electrons. The zero-order valence-corrected chi connectivity index (χ0v) is 19.6. The lowest BCUT2D eigenvalue weighted by atomic mass is 10.1. The van der Waals surface area contributed by atoms with Crippen molar-refractivity contribution in [1.82, 2.24) is 0 Å². The van der Waals surface area contributed by atoms with E-state index < -0.39 is 11.9 Å². The Kier molecular flexibility index (Phi) is 8.40. The van der Waals surface area contributed by atoms with Crippen molar-refractivity contribution in [3.8, 4) is 17.6 Å².